The fourth-order valence-corrected chi connectivity index (χ4v) is 2.01. The second-order valence-corrected chi connectivity index (χ2v) is 5.16. The van der Waals surface area contributed by atoms with Gasteiger partial charge in [0.25, 0.3) is 0 Å². The highest BCUT2D eigenvalue weighted by molar-refractivity contribution is 5.88. The predicted octanol–water partition coefficient (Wildman–Crippen LogP) is 3.42. The van der Waals surface area contributed by atoms with E-state index in [0.717, 1.165) is 11.1 Å². The average molecular weight is 313 g/mol. The van der Waals surface area contributed by atoms with E-state index in [0.29, 0.717) is 5.69 Å². The maximum Gasteiger partial charge on any atom is 0.346 e. The summed E-state index contributed by atoms with van der Waals surface area (Å²) in [6.07, 6.45) is -0.232. The largest absolute Gasteiger partial charge is 0.346 e. The van der Waals surface area contributed by atoms with E-state index in [2.05, 4.69) is 5.32 Å². The Hall–Kier alpha value is -2.66. The van der Waals surface area contributed by atoms with Crippen LogP contribution in [0, 0.1) is 0 Å². The lowest BCUT2D eigenvalue weighted by molar-refractivity contribution is -0.296. The molecule has 0 saturated carbocycles. The molecular formula is C18H19NO4. The summed E-state index contributed by atoms with van der Waals surface area (Å²) in [4.78, 5) is 32.7. The van der Waals surface area contributed by atoms with E-state index >= 15 is 0 Å². The van der Waals surface area contributed by atoms with Crippen molar-refractivity contribution < 1.29 is 19.4 Å². The number of anilines is 1. The van der Waals surface area contributed by atoms with Gasteiger partial charge in [0.2, 0.25) is 5.91 Å². The summed E-state index contributed by atoms with van der Waals surface area (Å²) < 4.78 is 0. The summed E-state index contributed by atoms with van der Waals surface area (Å²) in [5.41, 5.74) is 2.39. The first-order valence-electron chi connectivity index (χ1n) is 7.32. The maximum atomic E-state index is 11.8. The molecule has 0 unspecified atom stereocenters. The number of amides is 1. The molecule has 2 aromatic carbocycles. The summed E-state index contributed by atoms with van der Waals surface area (Å²) in [5.74, 6) is -0.611. The van der Waals surface area contributed by atoms with Crippen LogP contribution in [0.1, 0.15) is 31.1 Å². The highest BCUT2D eigenvalue weighted by atomic mass is 17.2. The normalized spacial score (nSPS) is 11.6. The van der Waals surface area contributed by atoms with Crippen LogP contribution < -0.4 is 5.32 Å². The highest BCUT2D eigenvalue weighted by Crippen LogP contribution is 2.17. The third-order valence-electron chi connectivity index (χ3n) is 3.18. The summed E-state index contributed by atoms with van der Waals surface area (Å²) in [6.45, 7) is 3.25. The molecule has 2 aromatic rings. The summed E-state index contributed by atoms with van der Waals surface area (Å²) >= 11 is 0. The van der Waals surface area contributed by atoms with Crippen molar-refractivity contribution in [2.75, 3.05) is 5.32 Å². The second kappa shape index (κ2) is 8.10. The number of hydrogen-bond acceptors (Lipinski definition) is 4. The molecular weight excluding hydrogens is 294 g/mol. The number of carbonyl (C=O) groups excluding carboxylic acids is 2. The number of hydrogen-bond donors (Lipinski definition) is 1. The zero-order chi connectivity index (χ0) is 16.7. The fourth-order valence-electron chi connectivity index (χ4n) is 2.01. The topological polar surface area (TPSA) is 64.6 Å². The average Bonchev–Trinajstić information content (AvgIpc) is 2.55. The predicted molar refractivity (Wildman–Crippen MR) is 86.5 cm³/mol. The monoisotopic (exact) mass is 313 g/mol. The zero-order valence-electron chi connectivity index (χ0n) is 13.1. The van der Waals surface area contributed by atoms with Crippen LogP contribution in [0.3, 0.4) is 0 Å². The Kier molecular flexibility index (Phi) is 5.88. The molecule has 0 radical (unpaired) electrons. The Morgan fingerprint density at radius 2 is 1.70 bits per heavy atom. The second-order valence-electron chi connectivity index (χ2n) is 5.16. The molecule has 0 spiro atoms. The van der Waals surface area contributed by atoms with Crippen LogP contribution in [0.5, 0.6) is 0 Å². The summed E-state index contributed by atoms with van der Waals surface area (Å²) in [5, 5.41) is 2.66. The number of benzene rings is 2. The third kappa shape index (κ3) is 5.56. The lowest BCUT2D eigenvalue weighted by Gasteiger charge is -2.11. The van der Waals surface area contributed by atoms with E-state index in [1.807, 2.05) is 37.3 Å². The number of carbonyl (C=O) groups is 2. The van der Waals surface area contributed by atoms with Crippen molar-refractivity contribution in [3.8, 4) is 0 Å². The van der Waals surface area contributed by atoms with Crippen molar-refractivity contribution in [2.45, 2.75) is 26.4 Å². The van der Waals surface area contributed by atoms with Crippen molar-refractivity contribution in [3.63, 3.8) is 0 Å². The van der Waals surface area contributed by atoms with Crippen LogP contribution in [0.15, 0.2) is 54.6 Å². The lowest BCUT2D eigenvalue weighted by Crippen LogP contribution is -2.11. The van der Waals surface area contributed by atoms with Gasteiger partial charge in [0.05, 0.1) is 6.42 Å². The molecule has 23 heavy (non-hydrogen) atoms. The van der Waals surface area contributed by atoms with E-state index < -0.39 is 5.97 Å². The molecule has 0 aliphatic carbocycles. The lowest BCUT2D eigenvalue weighted by atomic mass is 10.1. The first kappa shape index (κ1) is 16.7. The minimum absolute atomic E-state index is 0.0991. The van der Waals surface area contributed by atoms with Gasteiger partial charge in [-0.15, -0.1) is 0 Å². The van der Waals surface area contributed by atoms with Gasteiger partial charge >= 0.3 is 5.97 Å². The number of rotatable bonds is 6. The standard InChI is InChI=1S/C18H19NO4/c1-13(16-6-4-3-5-7-16)22-23-18(21)12-15-8-10-17(11-9-15)19-14(2)20/h3-11,13H,12H2,1-2H3,(H,19,20)/t13-/m0/s1. The van der Waals surface area contributed by atoms with Crippen LogP contribution in [0.4, 0.5) is 5.69 Å². The first-order valence-corrected chi connectivity index (χ1v) is 7.32. The van der Waals surface area contributed by atoms with Gasteiger partial charge < -0.3 is 5.32 Å². The van der Waals surface area contributed by atoms with Crippen molar-refractivity contribution in [1.29, 1.82) is 0 Å². The van der Waals surface area contributed by atoms with E-state index in [1.165, 1.54) is 6.92 Å². The Bertz CT molecular complexity index is 652. The molecule has 120 valence electrons. The molecule has 5 nitrogen and oxygen atoms in total. The SMILES string of the molecule is CC(=O)Nc1ccc(CC(=O)OO[C@@H](C)c2ccccc2)cc1. The fraction of sp³-hybridized carbons (Fsp3) is 0.222. The highest BCUT2D eigenvalue weighted by Gasteiger charge is 2.11. The third-order valence-corrected chi connectivity index (χ3v) is 3.18. The molecule has 0 aromatic heterocycles. The Labute approximate surface area is 135 Å². The van der Waals surface area contributed by atoms with Crippen molar-refractivity contribution >= 4 is 17.6 Å². The van der Waals surface area contributed by atoms with Gasteiger partial charge in [0.15, 0.2) is 0 Å². The van der Waals surface area contributed by atoms with Gasteiger partial charge in [-0.1, -0.05) is 42.5 Å². The van der Waals surface area contributed by atoms with Crippen molar-refractivity contribution in [1.82, 2.24) is 0 Å². The van der Waals surface area contributed by atoms with Crippen LogP contribution >= 0.6 is 0 Å². The minimum atomic E-state index is -0.472. The van der Waals surface area contributed by atoms with Crippen molar-refractivity contribution in [2.24, 2.45) is 0 Å². The van der Waals surface area contributed by atoms with Crippen LogP contribution in [-0.4, -0.2) is 11.9 Å². The van der Waals surface area contributed by atoms with Gasteiger partial charge in [-0.3, -0.25) is 9.68 Å². The molecule has 0 heterocycles. The Balaban J connectivity index is 1.81. The number of nitrogens with one attached hydrogen (secondary N) is 1. The van der Waals surface area contributed by atoms with Gasteiger partial charge in [-0.05, 0) is 30.2 Å². The molecule has 2 rings (SSSR count). The van der Waals surface area contributed by atoms with E-state index in [4.69, 9.17) is 9.78 Å². The molecule has 0 fully saturated rings. The smallest absolute Gasteiger partial charge is 0.326 e. The first-order chi connectivity index (χ1) is 11.0. The maximum absolute atomic E-state index is 11.8. The quantitative estimate of drug-likeness (QED) is 0.655. The Morgan fingerprint density at radius 1 is 1.04 bits per heavy atom. The van der Waals surface area contributed by atoms with E-state index in [1.54, 1.807) is 24.3 Å². The summed E-state index contributed by atoms with van der Waals surface area (Å²) in [6, 6.07) is 16.5. The van der Waals surface area contributed by atoms with Gasteiger partial charge in [-0.25, -0.2) is 4.79 Å². The van der Waals surface area contributed by atoms with E-state index in [-0.39, 0.29) is 18.4 Å². The van der Waals surface area contributed by atoms with E-state index in [9.17, 15) is 9.59 Å². The zero-order valence-corrected chi connectivity index (χ0v) is 13.1. The molecule has 1 N–H and O–H groups in total. The minimum Gasteiger partial charge on any atom is -0.326 e. The molecule has 0 saturated heterocycles. The van der Waals surface area contributed by atoms with Gasteiger partial charge in [0, 0.05) is 12.6 Å². The molecule has 5 heteroatoms. The Morgan fingerprint density at radius 3 is 2.30 bits per heavy atom. The van der Waals surface area contributed by atoms with Crippen LogP contribution in [0.25, 0.3) is 0 Å². The van der Waals surface area contributed by atoms with Gasteiger partial charge in [-0.2, -0.15) is 4.89 Å². The molecule has 0 aliphatic rings. The summed E-state index contributed by atoms with van der Waals surface area (Å²) in [7, 11) is 0. The molecule has 1 amide bonds. The van der Waals surface area contributed by atoms with Crippen LogP contribution in [0.2, 0.25) is 0 Å². The molecule has 0 aliphatic heterocycles. The molecule has 0 bridgehead atoms. The molecule has 1 atom stereocenters. The van der Waals surface area contributed by atoms with Gasteiger partial charge in [0.1, 0.15) is 6.10 Å². The van der Waals surface area contributed by atoms with Crippen LogP contribution in [-0.2, 0) is 25.8 Å². The van der Waals surface area contributed by atoms with Crippen molar-refractivity contribution in [3.05, 3.63) is 65.7 Å².